The van der Waals surface area contributed by atoms with Crippen molar-refractivity contribution in [1.82, 2.24) is 20.2 Å². The van der Waals surface area contributed by atoms with E-state index in [-0.39, 0.29) is 0 Å². The van der Waals surface area contributed by atoms with E-state index >= 15 is 0 Å². The van der Waals surface area contributed by atoms with E-state index in [0.29, 0.717) is 5.41 Å². The van der Waals surface area contributed by atoms with Crippen LogP contribution in [-0.2, 0) is 0 Å². The molecule has 3 heterocycles. The van der Waals surface area contributed by atoms with Crippen molar-refractivity contribution in [2.45, 2.75) is 43.0 Å². The van der Waals surface area contributed by atoms with Gasteiger partial charge in [-0.05, 0) is 30.4 Å². The number of aromatic nitrogens is 4. The molecule has 1 aliphatic heterocycles. The van der Waals surface area contributed by atoms with E-state index < -0.39 is 0 Å². The first kappa shape index (κ1) is 16.4. The van der Waals surface area contributed by atoms with Crippen LogP contribution in [0.25, 0.3) is 11.2 Å². The molecule has 0 unspecified atom stereocenters. The number of rotatable bonds is 4. The molecule has 1 aliphatic rings. The molecule has 6 heteroatoms. The van der Waals surface area contributed by atoms with Crippen molar-refractivity contribution >= 4 is 28.7 Å². The number of hydrogen-bond acceptors (Lipinski definition) is 5. The zero-order chi connectivity index (χ0) is 17.3. The van der Waals surface area contributed by atoms with Crippen LogP contribution in [0.2, 0.25) is 0 Å². The molecule has 1 saturated heterocycles. The Kier molecular flexibility index (Phi) is 4.37. The highest BCUT2D eigenvalue weighted by Crippen LogP contribution is 2.36. The van der Waals surface area contributed by atoms with Crippen LogP contribution in [0.3, 0.4) is 0 Å². The van der Waals surface area contributed by atoms with E-state index in [0.717, 1.165) is 40.0 Å². The zero-order valence-corrected chi connectivity index (χ0v) is 15.5. The number of anilines is 1. The summed E-state index contributed by atoms with van der Waals surface area (Å²) in [6.45, 7) is 6.77. The maximum Gasteiger partial charge on any atom is 0.177 e. The van der Waals surface area contributed by atoms with Crippen LogP contribution < -0.4 is 4.90 Å². The molecule has 5 nitrogen and oxygen atoms in total. The standard InChI is InChI=1S/C19H23N5S/c1-3-19(2)9-11-24(12-10-19)15-13-20-16-17(21-15)22-23-18(16)25-14-7-5-4-6-8-14/h4-8,13H,3,9-12H2,1-2H3,(H,21,22,23). The minimum absolute atomic E-state index is 0.474. The van der Waals surface area contributed by atoms with E-state index in [2.05, 4.69) is 46.1 Å². The van der Waals surface area contributed by atoms with Gasteiger partial charge < -0.3 is 4.90 Å². The highest BCUT2D eigenvalue weighted by atomic mass is 32.2. The van der Waals surface area contributed by atoms with Gasteiger partial charge in [0, 0.05) is 18.0 Å². The lowest BCUT2D eigenvalue weighted by atomic mass is 9.78. The van der Waals surface area contributed by atoms with Gasteiger partial charge in [-0.1, -0.05) is 50.2 Å². The van der Waals surface area contributed by atoms with Gasteiger partial charge in [0.25, 0.3) is 0 Å². The molecule has 0 radical (unpaired) electrons. The molecule has 2 aromatic heterocycles. The predicted molar refractivity (Wildman–Crippen MR) is 102 cm³/mol. The maximum absolute atomic E-state index is 4.77. The quantitative estimate of drug-likeness (QED) is 0.747. The van der Waals surface area contributed by atoms with Crippen molar-refractivity contribution in [3.63, 3.8) is 0 Å². The molecule has 0 amide bonds. The average Bonchev–Trinajstić information content (AvgIpc) is 3.05. The van der Waals surface area contributed by atoms with Crippen molar-refractivity contribution in [2.24, 2.45) is 5.41 Å². The Morgan fingerprint density at radius 3 is 2.68 bits per heavy atom. The zero-order valence-electron chi connectivity index (χ0n) is 14.7. The Hall–Kier alpha value is -2.08. The van der Waals surface area contributed by atoms with Gasteiger partial charge in [0.1, 0.15) is 11.3 Å². The molecule has 1 aromatic carbocycles. The summed E-state index contributed by atoms with van der Waals surface area (Å²) in [5.74, 6) is 0.950. The first-order chi connectivity index (χ1) is 12.2. The maximum atomic E-state index is 4.77. The predicted octanol–water partition coefficient (Wildman–Crippen LogP) is 4.52. The molecule has 4 rings (SSSR count). The smallest absolute Gasteiger partial charge is 0.177 e. The van der Waals surface area contributed by atoms with Crippen LogP contribution in [0.15, 0.2) is 46.5 Å². The molecule has 25 heavy (non-hydrogen) atoms. The fourth-order valence-corrected chi connectivity index (χ4v) is 4.08. The van der Waals surface area contributed by atoms with Crippen molar-refractivity contribution in [3.05, 3.63) is 36.5 Å². The topological polar surface area (TPSA) is 57.7 Å². The van der Waals surface area contributed by atoms with Gasteiger partial charge >= 0.3 is 0 Å². The van der Waals surface area contributed by atoms with Crippen molar-refractivity contribution in [3.8, 4) is 0 Å². The largest absolute Gasteiger partial charge is 0.355 e. The van der Waals surface area contributed by atoms with Gasteiger partial charge in [0.05, 0.1) is 6.20 Å². The van der Waals surface area contributed by atoms with Crippen molar-refractivity contribution < 1.29 is 0 Å². The Balaban J connectivity index is 1.54. The fraction of sp³-hybridized carbons (Fsp3) is 0.421. The number of H-pyrrole nitrogens is 1. The van der Waals surface area contributed by atoms with Crippen molar-refractivity contribution in [2.75, 3.05) is 18.0 Å². The van der Waals surface area contributed by atoms with Crippen LogP contribution >= 0.6 is 11.8 Å². The number of hydrogen-bond donors (Lipinski definition) is 1. The lowest BCUT2D eigenvalue weighted by Gasteiger charge is -2.39. The second-order valence-electron chi connectivity index (χ2n) is 7.02. The van der Waals surface area contributed by atoms with Crippen LogP contribution in [0.5, 0.6) is 0 Å². The molecular formula is C19H23N5S. The van der Waals surface area contributed by atoms with E-state index in [9.17, 15) is 0 Å². The number of aromatic amines is 1. The Labute approximate surface area is 152 Å². The van der Waals surface area contributed by atoms with Gasteiger partial charge in [-0.15, -0.1) is 0 Å². The third-order valence-corrected chi connectivity index (χ3v) is 6.32. The Morgan fingerprint density at radius 1 is 1.20 bits per heavy atom. The summed E-state index contributed by atoms with van der Waals surface area (Å²) in [6.07, 6.45) is 5.55. The molecule has 0 bridgehead atoms. The van der Waals surface area contributed by atoms with E-state index in [4.69, 9.17) is 4.98 Å². The number of nitrogens with zero attached hydrogens (tertiary/aromatic N) is 4. The Morgan fingerprint density at radius 2 is 1.96 bits per heavy atom. The number of fused-ring (bicyclic) bond motifs is 1. The highest BCUT2D eigenvalue weighted by Gasteiger charge is 2.29. The highest BCUT2D eigenvalue weighted by molar-refractivity contribution is 7.99. The number of piperidine rings is 1. The lowest BCUT2D eigenvalue weighted by molar-refractivity contribution is 0.238. The monoisotopic (exact) mass is 353 g/mol. The van der Waals surface area contributed by atoms with E-state index in [1.807, 2.05) is 24.4 Å². The molecule has 0 spiro atoms. The molecule has 0 atom stereocenters. The summed E-state index contributed by atoms with van der Waals surface area (Å²) in [7, 11) is 0. The van der Waals surface area contributed by atoms with Gasteiger partial charge in [-0.3, -0.25) is 5.10 Å². The van der Waals surface area contributed by atoms with Gasteiger partial charge in [0.2, 0.25) is 0 Å². The third kappa shape index (κ3) is 3.35. The van der Waals surface area contributed by atoms with E-state index in [1.165, 1.54) is 19.3 Å². The van der Waals surface area contributed by atoms with E-state index in [1.54, 1.807) is 11.8 Å². The molecule has 3 aromatic rings. The molecule has 0 aliphatic carbocycles. The van der Waals surface area contributed by atoms with Crippen molar-refractivity contribution in [1.29, 1.82) is 0 Å². The minimum atomic E-state index is 0.474. The second kappa shape index (κ2) is 6.67. The molecule has 1 fully saturated rings. The number of benzene rings is 1. The third-order valence-electron chi connectivity index (χ3n) is 5.33. The Bertz CT molecular complexity index is 853. The number of nitrogens with one attached hydrogen (secondary N) is 1. The fourth-order valence-electron chi connectivity index (χ4n) is 3.22. The van der Waals surface area contributed by atoms with Crippen LogP contribution in [0.4, 0.5) is 5.82 Å². The SMILES string of the molecule is CCC1(C)CCN(c2cnc3c(Sc4ccccc4)n[nH]c3n2)CC1. The minimum Gasteiger partial charge on any atom is -0.355 e. The summed E-state index contributed by atoms with van der Waals surface area (Å²) >= 11 is 1.61. The summed E-state index contributed by atoms with van der Waals surface area (Å²) in [5, 5.41) is 8.32. The van der Waals surface area contributed by atoms with Crippen LogP contribution in [0, 0.1) is 5.41 Å². The molecule has 130 valence electrons. The summed E-state index contributed by atoms with van der Waals surface area (Å²) in [4.78, 5) is 12.9. The summed E-state index contributed by atoms with van der Waals surface area (Å²) in [5.41, 5.74) is 2.08. The van der Waals surface area contributed by atoms with Gasteiger partial charge in [0.15, 0.2) is 10.7 Å². The molecule has 0 saturated carbocycles. The van der Waals surface area contributed by atoms with Crippen LogP contribution in [0.1, 0.15) is 33.1 Å². The first-order valence-corrected chi connectivity index (χ1v) is 9.67. The lowest BCUT2D eigenvalue weighted by Crippen LogP contribution is -2.38. The van der Waals surface area contributed by atoms with Gasteiger partial charge in [-0.25, -0.2) is 9.97 Å². The second-order valence-corrected chi connectivity index (χ2v) is 8.08. The molecular weight excluding hydrogens is 330 g/mol. The van der Waals surface area contributed by atoms with Crippen LogP contribution in [-0.4, -0.2) is 33.3 Å². The average molecular weight is 353 g/mol. The normalized spacial score (nSPS) is 17.1. The summed E-state index contributed by atoms with van der Waals surface area (Å²) < 4.78 is 0. The summed E-state index contributed by atoms with van der Waals surface area (Å²) in [6, 6.07) is 10.2. The first-order valence-electron chi connectivity index (χ1n) is 8.86. The molecule has 1 N–H and O–H groups in total. The van der Waals surface area contributed by atoms with Gasteiger partial charge in [-0.2, -0.15) is 5.10 Å².